The second-order valence-electron chi connectivity index (χ2n) is 5.78. The van der Waals surface area contributed by atoms with E-state index in [0.717, 1.165) is 4.90 Å². The number of nitrogens with zero attached hydrogens (tertiary/aromatic N) is 1. The summed E-state index contributed by atoms with van der Waals surface area (Å²) in [5.74, 6) is -3.62. The first kappa shape index (κ1) is 19.8. The summed E-state index contributed by atoms with van der Waals surface area (Å²) in [6.45, 7) is 0.177. The molecule has 0 aromatic carbocycles. The lowest BCUT2D eigenvalue weighted by Gasteiger charge is -2.36. The maximum absolute atomic E-state index is 12.8. The molecule has 0 unspecified atom stereocenters. The van der Waals surface area contributed by atoms with Crippen LogP contribution in [0.15, 0.2) is 0 Å². The first-order valence-corrected chi connectivity index (χ1v) is 7.82. The molecule has 0 radical (unpaired) electrons. The van der Waals surface area contributed by atoms with Gasteiger partial charge in [0.2, 0.25) is 5.91 Å². The molecule has 0 saturated carbocycles. The fourth-order valence-electron chi connectivity index (χ4n) is 2.94. The Morgan fingerprint density at radius 3 is 2.46 bits per heavy atom. The lowest BCUT2D eigenvalue weighted by molar-refractivity contribution is -0.153. The number of amides is 1. The molecule has 24 heavy (non-hydrogen) atoms. The Kier molecular flexibility index (Phi) is 7.11. The van der Waals surface area contributed by atoms with Crippen LogP contribution in [0.3, 0.4) is 0 Å². The number of carboxylic acid groups (broad SMARTS) is 2. The SMILES string of the molecule is N=C(N)[C@@]1(C(=O)O)CCCN1C(=O)[C@H](CCCCN)NCC(=O)O. The molecule has 0 aliphatic carbocycles. The molecule has 10 heteroatoms. The van der Waals surface area contributed by atoms with E-state index >= 15 is 0 Å². The molecule has 2 atom stereocenters. The van der Waals surface area contributed by atoms with E-state index in [1.807, 2.05) is 0 Å². The molecule has 1 saturated heterocycles. The van der Waals surface area contributed by atoms with Gasteiger partial charge in [-0.3, -0.25) is 20.3 Å². The van der Waals surface area contributed by atoms with Crippen molar-refractivity contribution in [2.24, 2.45) is 11.5 Å². The van der Waals surface area contributed by atoms with Gasteiger partial charge in [-0.15, -0.1) is 0 Å². The molecule has 0 aromatic rings. The van der Waals surface area contributed by atoms with Crippen LogP contribution in [0.2, 0.25) is 0 Å². The third-order valence-electron chi connectivity index (χ3n) is 4.19. The molecule has 1 aliphatic heterocycles. The van der Waals surface area contributed by atoms with E-state index in [0.29, 0.717) is 32.2 Å². The molecular weight excluding hydrogens is 318 g/mol. The van der Waals surface area contributed by atoms with Crippen molar-refractivity contribution in [3.8, 4) is 0 Å². The molecular formula is C14H25N5O5. The number of hydrogen-bond donors (Lipinski definition) is 6. The van der Waals surface area contributed by atoms with Gasteiger partial charge in [-0.05, 0) is 32.2 Å². The van der Waals surface area contributed by atoms with Gasteiger partial charge in [0.25, 0.3) is 0 Å². The van der Waals surface area contributed by atoms with Gasteiger partial charge in [-0.25, -0.2) is 4.79 Å². The van der Waals surface area contributed by atoms with Crippen molar-refractivity contribution >= 4 is 23.7 Å². The molecule has 1 rings (SSSR count). The van der Waals surface area contributed by atoms with E-state index in [1.54, 1.807) is 0 Å². The Bertz CT molecular complexity index is 496. The van der Waals surface area contributed by atoms with Crippen LogP contribution in [0.1, 0.15) is 32.1 Å². The second kappa shape index (κ2) is 8.60. The van der Waals surface area contributed by atoms with Crippen LogP contribution in [0.25, 0.3) is 0 Å². The number of hydrogen-bond acceptors (Lipinski definition) is 6. The summed E-state index contributed by atoms with van der Waals surface area (Å²) >= 11 is 0. The number of aliphatic carboxylic acids is 2. The highest BCUT2D eigenvalue weighted by molar-refractivity contribution is 6.10. The van der Waals surface area contributed by atoms with E-state index in [4.69, 9.17) is 22.0 Å². The number of carbonyl (C=O) groups excluding carboxylic acids is 1. The summed E-state index contributed by atoms with van der Waals surface area (Å²) in [5, 5.41) is 28.6. The van der Waals surface area contributed by atoms with Crippen molar-refractivity contribution < 1.29 is 24.6 Å². The number of unbranched alkanes of at least 4 members (excludes halogenated alkanes) is 1. The average Bonchev–Trinajstić information content (AvgIpc) is 2.96. The van der Waals surface area contributed by atoms with Crippen LogP contribution in [0.5, 0.6) is 0 Å². The largest absolute Gasteiger partial charge is 0.480 e. The zero-order valence-electron chi connectivity index (χ0n) is 13.5. The van der Waals surface area contributed by atoms with Crippen LogP contribution in [-0.4, -0.2) is 70.0 Å². The summed E-state index contributed by atoms with van der Waals surface area (Å²) in [6.07, 6.45) is 2.06. The topological polar surface area (TPSA) is 183 Å². The zero-order chi connectivity index (χ0) is 18.3. The first-order valence-electron chi connectivity index (χ1n) is 7.82. The molecule has 136 valence electrons. The fourth-order valence-corrected chi connectivity index (χ4v) is 2.94. The highest BCUT2D eigenvalue weighted by Crippen LogP contribution is 2.31. The van der Waals surface area contributed by atoms with Gasteiger partial charge >= 0.3 is 11.9 Å². The summed E-state index contributed by atoms with van der Waals surface area (Å²) in [5.41, 5.74) is 9.06. The molecule has 1 amide bonds. The molecule has 0 spiro atoms. The standard InChI is InChI=1S/C14H25N5O5/c15-6-2-1-4-9(18-8-10(20)21)11(22)19-7-3-5-14(19,12(16)17)13(23)24/h9,18H,1-8,15H2,(H3,16,17)(H,20,21)(H,23,24)/t9-,14+/m0/s1. The Morgan fingerprint density at radius 1 is 1.29 bits per heavy atom. The monoisotopic (exact) mass is 343 g/mol. The Morgan fingerprint density at radius 2 is 1.96 bits per heavy atom. The normalized spacial score (nSPS) is 21.5. The highest BCUT2D eigenvalue weighted by Gasteiger charge is 2.53. The number of carboxylic acids is 2. The van der Waals surface area contributed by atoms with Crippen molar-refractivity contribution in [1.29, 1.82) is 5.41 Å². The predicted octanol–water partition coefficient (Wildman–Crippen LogP) is -1.46. The second-order valence-corrected chi connectivity index (χ2v) is 5.78. The zero-order valence-corrected chi connectivity index (χ0v) is 13.5. The highest BCUT2D eigenvalue weighted by atomic mass is 16.4. The van der Waals surface area contributed by atoms with Gasteiger partial charge in [0.15, 0.2) is 5.54 Å². The molecule has 10 nitrogen and oxygen atoms in total. The van der Waals surface area contributed by atoms with Crippen LogP contribution in [0, 0.1) is 5.41 Å². The predicted molar refractivity (Wildman–Crippen MR) is 85.6 cm³/mol. The third kappa shape index (κ3) is 4.20. The Hall–Kier alpha value is -2.20. The number of nitrogens with one attached hydrogen (secondary N) is 2. The van der Waals surface area contributed by atoms with E-state index in [-0.39, 0.29) is 13.0 Å². The van der Waals surface area contributed by atoms with E-state index in [1.165, 1.54) is 0 Å². The van der Waals surface area contributed by atoms with Crippen LogP contribution < -0.4 is 16.8 Å². The number of amidine groups is 1. The van der Waals surface area contributed by atoms with Gasteiger partial charge < -0.3 is 26.6 Å². The maximum Gasteiger partial charge on any atom is 0.337 e. The van der Waals surface area contributed by atoms with Crippen molar-refractivity contribution in [3.05, 3.63) is 0 Å². The van der Waals surface area contributed by atoms with Gasteiger partial charge in [-0.2, -0.15) is 0 Å². The van der Waals surface area contributed by atoms with Crippen molar-refractivity contribution in [3.63, 3.8) is 0 Å². The third-order valence-corrected chi connectivity index (χ3v) is 4.19. The first-order chi connectivity index (χ1) is 11.3. The molecule has 0 bridgehead atoms. The van der Waals surface area contributed by atoms with Crippen molar-refractivity contribution in [2.75, 3.05) is 19.6 Å². The lowest BCUT2D eigenvalue weighted by atomic mass is 9.93. The molecule has 1 heterocycles. The minimum atomic E-state index is -1.85. The van der Waals surface area contributed by atoms with Gasteiger partial charge in [0.1, 0.15) is 5.84 Å². The van der Waals surface area contributed by atoms with E-state index < -0.39 is 41.8 Å². The molecule has 0 aromatic heterocycles. The van der Waals surface area contributed by atoms with Crippen molar-refractivity contribution in [2.45, 2.75) is 43.7 Å². The Labute approximate surface area is 139 Å². The smallest absolute Gasteiger partial charge is 0.337 e. The number of carbonyl (C=O) groups is 3. The lowest BCUT2D eigenvalue weighted by Crippen LogP contribution is -2.63. The number of rotatable bonds is 10. The minimum Gasteiger partial charge on any atom is -0.480 e. The molecule has 1 fully saturated rings. The molecule has 8 N–H and O–H groups in total. The van der Waals surface area contributed by atoms with Crippen molar-refractivity contribution in [1.82, 2.24) is 10.2 Å². The van der Waals surface area contributed by atoms with Gasteiger partial charge in [0.05, 0.1) is 12.6 Å². The summed E-state index contributed by atoms with van der Waals surface area (Å²) in [6, 6.07) is -0.858. The average molecular weight is 343 g/mol. The summed E-state index contributed by atoms with van der Waals surface area (Å²) in [7, 11) is 0. The van der Waals surface area contributed by atoms with Crippen LogP contribution in [-0.2, 0) is 14.4 Å². The molecule has 1 aliphatic rings. The number of likely N-dealkylation sites (tertiary alicyclic amines) is 1. The van der Waals surface area contributed by atoms with E-state index in [9.17, 15) is 19.5 Å². The maximum atomic E-state index is 12.8. The minimum absolute atomic E-state index is 0.0673. The van der Waals surface area contributed by atoms with Crippen LogP contribution >= 0.6 is 0 Å². The number of nitrogens with two attached hydrogens (primary N) is 2. The fraction of sp³-hybridized carbons (Fsp3) is 0.714. The van der Waals surface area contributed by atoms with E-state index in [2.05, 4.69) is 5.32 Å². The quantitative estimate of drug-likeness (QED) is 0.158. The Balaban J connectivity index is 2.99. The summed E-state index contributed by atoms with van der Waals surface area (Å²) < 4.78 is 0. The van der Waals surface area contributed by atoms with Gasteiger partial charge in [-0.1, -0.05) is 6.42 Å². The van der Waals surface area contributed by atoms with Crippen LogP contribution in [0.4, 0.5) is 0 Å². The summed E-state index contributed by atoms with van der Waals surface area (Å²) in [4.78, 5) is 36.3. The van der Waals surface area contributed by atoms with Gasteiger partial charge in [0, 0.05) is 6.54 Å².